The van der Waals surface area contributed by atoms with Crippen molar-refractivity contribution in [2.24, 2.45) is 15.3 Å². The van der Waals surface area contributed by atoms with Crippen LogP contribution in [0.2, 0.25) is 0 Å². The molecule has 1 heterocycles. The second-order valence-corrected chi connectivity index (χ2v) is 22.6. The molecule has 2 atom stereocenters. The number of fused-ring (bicyclic) bond motifs is 2. The maximum Gasteiger partial charge on any atom is 0.355 e. The Labute approximate surface area is 432 Å². The average molecular weight is 1170 g/mol. The van der Waals surface area contributed by atoms with E-state index in [-0.39, 0.29) is 33.9 Å². The highest BCUT2D eigenvalue weighted by Crippen LogP contribution is 2.43. The molecule has 0 spiro atoms. The van der Waals surface area contributed by atoms with Gasteiger partial charge in [0.15, 0.2) is 16.4 Å². The Kier molecular flexibility index (Phi) is 15.4. The Morgan fingerprint density at radius 2 is 1.35 bits per heavy atom. The number of rotatable bonds is 20. The minimum atomic E-state index is -5.60. The Bertz CT molecular complexity index is 4110. The minimum absolute atomic E-state index is 0.231. The van der Waals surface area contributed by atoms with Crippen molar-refractivity contribution >= 4 is 124 Å². The number of aliphatic hydroxyl groups excluding tert-OH is 2. The fourth-order valence-electron chi connectivity index (χ4n) is 7.37. The molecule has 77 heavy (non-hydrogen) atoms. The fraction of sp³-hybridized carbons (Fsp3) is 0.125. The van der Waals surface area contributed by atoms with Crippen molar-refractivity contribution in [2.75, 3.05) is 41.7 Å². The molecule has 6 aromatic carbocycles. The zero-order valence-electron chi connectivity index (χ0n) is 38.0. The monoisotopic (exact) mass is 1170 g/mol. The third-order valence-electron chi connectivity index (χ3n) is 10.7. The number of benzene rings is 6. The largest absolute Gasteiger partial charge is 0.502 e. The molecule has 0 saturated carbocycles. The van der Waals surface area contributed by atoms with Gasteiger partial charge in [-0.1, -0.05) is 0 Å². The van der Waals surface area contributed by atoms with Crippen molar-refractivity contribution in [2.45, 2.75) is 36.8 Å². The molecule has 32 nitrogen and oxygen atoms in total. The van der Waals surface area contributed by atoms with Crippen LogP contribution in [0.1, 0.15) is 0 Å². The number of hydrogen-bond acceptors (Lipinski definition) is 24. The van der Waals surface area contributed by atoms with Crippen LogP contribution in [-0.4, -0.2) is 135 Å². The van der Waals surface area contributed by atoms with E-state index in [0.717, 1.165) is 60.7 Å². The second-order valence-electron chi connectivity index (χ2n) is 15.7. The highest BCUT2D eigenvalue weighted by molar-refractivity contribution is 7.87. The van der Waals surface area contributed by atoms with Gasteiger partial charge in [0.2, 0.25) is 11.7 Å². The number of phenols is 1. The number of nitrogens with one attached hydrogen (secondary N) is 1. The molecule has 0 saturated heterocycles. The number of phenolic OH excluding ortho intramolecular Hbond substituents is 1. The summed E-state index contributed by atoms with van der Waals surface area (Å²) in [6.07, 6.45) is -1.94. The summed E-state index contributed by atoms with van der Waals surface area (Å²) in [5, 5.41) is 50.3. The number of nitrogen functional groups attached to an aromatic ring is 3. The minimum Gasteiger partial charge on any atom is -0.502 e. The van der Waals surface area contributed by atoms with E-state index in [0.29, 0.717) is 28.6 Å². The molecular weight excluding hydrogens is 1140 g/mol. The molecule has 410 valence electrons. The lowest BCUT2D eigenvalue weighted by molar-refractivity contribution is -0.541. The number of carbonyl (C=O) groups is 2. The van der Waals surface area contributed by atoms with Crippen molar-refractivity contribution in [3.63, 3.8) is 0 Å². The number of hydrazone groups is 1. The van der Waals surface area contributed by atoms with Crippen LogP contribution in [0.15, 0.2) is 119 Å². The first-order valence-electron chi connectivity index (χ1n) is 20.7. The van der Waals surface area contributed by atoms with E-state index < -0.39 is 170 Å². The maximum atomic E-state index is 13.4. The lowest BCUT2D eigenvalue weighted by Crippen LogP contribution is -2.83. The van der Waals surface area contributed by atoms with Crippen molar-refractivity contribution in [3.8, 4) is 23.0 Å². The van der Waals surface area contributed by atoms with Crippen molar-refractivity contribution in [1.82, 2.24) is 0 Å². The molecule has 6 aromatic rings. The van der Waals surface area contributed by atoms with Gasteiger partial charge in [0.25, 0.3) is 52.7 Å². The molecule has 1 amide bonds. The summed E-state index contributed by atoms with van der Waals surface area (Å²) in [5.74, 6) is -5.55. The van der Waals surface area contributed by atoms with Crippen LogP contribution in [-0.2, 0) is 60.2 Å². The van der Waals surface area contributed by atoms with Gasteiger partial charge in [-0.3, -0.25) is 27.6 Å². The number of carboxylic acid groups (broad SMARTS) is 1. The van der Waals surface area contributed by atoms with Crippen LogP contribution < -0.4 is 41.5 Å². The van der Waals surface area contributed by atoms with Crippen LogP contribution in [0.25, 0.3) is 21.5 Å². The number of quaternary nitrogens is 1. The maximum absolute atomic E-state index is 13.4. The van der Waals surface area contributed by atoms with Crippen LogP contribution in [0.4, 0.5) is 34.1 Å². The normalized spacial score (nSPS) is 15.0. The van der Waals surface area contributed by atoms with Gasteiger partial charge in [-0.2, -0.15) is 62.4 Å². The molecule has 0 radical (unpaired) electrons. The highest BCUT2D eigenvalue weighted by atomic mass is 32.2. The van der Waals surface area contributed by atoms with Gasteiger partial charge in [-0.15, -0.1) is 0 Å². The van der Waals surface area contributed by atoms with Gasteiger partial charge in [0, 0.05) is 45.4 Å². The van der Waals surface area contributed by atoms with Crippen molar-refractivity contribution in [1.29, 1.82) is 0 Å². The molecule has 0 fully saturated rings. The van der Waals surface area contributed by atoms with Gasteiger partial charge < -0.3 is 46.1 Å². The number of aliphatic hydroxyl groups is 2. The number of azo groups is 1. The molecule has 1 aliphatic heterocycles. The third-order valence-corrected chi connectivity index (χ3v) is 15.1. The van der Waals surface area contributed by atoms with Crippen LogP contribution >= 0.6 is 0 Å². The van der Waals surface area contributed by atoms with Crippen LogP contribution in [0, 0.1) is 0 Å². The predicted octanol–water partition coefficient (Wildman–Crippen LogP) is 0.406. The SMILES string of the molecule is Nc1cc(OCCO)c(N[NH2+]c2c(S(=O)(=O)O)cc3c(S(=O)(=O)O)c(N=NC4C(=O)N(c5ccc(S(=O)(=O)O)cc5)N=C4C(=O)O)ccc3c2O)cc1OC(CO)Oc1cc(S(=O)(=O)O)cc2c(S(=O)(=O)O)ccc(N)c12. The smallest absolute Gasteiger partial charge is 0.355 e. The van der Waals surface area contributed by atoms with Gasteiger partial charge in [-0.25, -0.2) is 15.6 Å². The molecule has 16 N–H and O–H groups in total. The lowest BCUT2D eigenvalue weighted by atomic mass is 10.1. The van der Waals surface area contributed by atoms with E-state index in [1.165, 1.54) is 0 Å². The molecule has 1 aliphatic rings. The zero-order chi connectivity index (χ0) is 56.9. The number of anilines is 4. The quantitative estimate of drug-likeness (QED) is 0.00936. The van der Waals surface area contributed by atoms with E-state index in [1.54, 1.807) is 0 Å². The highest BCUT2D eigenvalue weighted by Gasteiger charge is 2.41. The zero-order valence-corrected chi connectivity index (χ0v) is 42.1. The molecule has 0 aromatic heterocycles. The van der Waals surface area contributed by atoms with Gasteiger partial charge in [0.1, 0.15) is 51.6 Å². The number of aromatic hydroxyl groups is 1. The molecule has 37 heteroatoms. The topological polar surface area (TPSA) is 536 Å². The van der Waals surface area contributed by atoms with Gasteiger partial charge in [-0.05, 0) is 60.7 Å². The summed E-state index contributed by atoms with van der Waals surface area (Å²) < 4.78 is 191. The Morgan fingerprint density at radius 1 is 0.714 bits per heavy atom. The van der Waals surface area contributed by atoms with Gasteiger partial charge in [0.05, 0.1) is 27.8 Å². The Hall–Kier alpha value is -7.92. The first-order valence-corrected chi connectivity index (χ1v) is 27.9. The van der Waals surface area contributed by atoms with E-state index in [9.17, 15) is 94.9 Å². The molecule has 2 unspecified atom stereocenters. The standard InChI is InChI=1S/C40H36N8O24S5/c41-23-6-8-30(75(61,62)63)22-11-19(74(58,59)60)12-29(33(22)23)72-32(16-50)71-27-15-26(28(14-24(27)42)70-10-9-49)44-45-34-31(76(64,65)66)13-21-20(37(34)51)5-7-25(38(21)77(67,68)69)43-46-35-36(40(53)54)47-48(39(35)52)17-1-3-18(4-2-17)73(55,56)57/h1-8,11-15,32,35,44-45,49-51H,9-10,16,41-42H2,(H,53,54)(H,55,56,57)(H,58,59,60)(H,61,62,63)(H,64,65,66)(H,67,68,69)/p+1. The third kappa shape index (κ3) is 11.9. The van der Waals surface area contributed by atoms with Crippen molar-refractivity contribution < 1.29 is 115 Å². The van der Waals surface area contributed by atoms with E-state index >= 15 is 0 Å². The lowest BCUT2D eigenvalue weighted by Gasteiger charge is -2.23. The van der Waals surface area contributed by atoms with Crippen LogP contribution in [0.3, 0.4) is 0 Å². The fourth-order valence-corrected chi connectivity index (χ4v) is 10.6. The Morgan fingerprint density at radius 3 is 1.92 bits per heavy atom. The van der Waals surface area contributed by atoms with Gasteiger partial charge >= 0.3 is 16.1 Å². The first-order chi connectivity index (χ1) is 35.7. The number of carbonyl (C=O) groups excluding carboxylic acids is 1. The molecule has 0 aliphatic carbocycles. The number of hydrogen-bond donors (Lipinski definition) is 13. The number of nitrogens with zero attached hydrogens (tertiary/aromatic N) is 4. The number of carboxylic acids is 1. The second kappa shape index (κ2) is 20.9. The summed E-state index contributed by atoms with van der Waals surface area (Å²) >= 11 is 0. The molecular formula is C40H37N8O24S5+. The average Bonchev–Trinajstić information content (AvgIpc) is 3.66. The number of aliphatic carboxylic acids is 1. The first kappa shape index (κ1) is 56.8. The number of amides is 1. The summed E-state index contributed by atoms with van der Waals surface area (Å²) in [4.78, 5) is 20.5. The summed E-state index contributed by atoms with van der Waals surface area (Å²) in [6, 6.07) is 8.84. The predicted molar refractivity (Wildman–Crippen MR) is 261 cm³/mol. The van der Waals surface area contributed by atoms with E-state index in [4.69, 9.17) is 25.7 Å². The number of nitrogens with two attached hydrogens (primary N) is 3. The van der Waals surface area contributed by atoms with E-state index in [2.05, 4.69) is 20.8 Å². The summed E-state index contributed by atoms with van der Waals surface area (Å²) in [6.45, 7) is -2.14. The van der Waals surface area contributed by atoms with Crippen molar-refractivity contribution in [3.05, 3.63) is 78.9 Å². The Balaban J connectivity index is 1.26. The molecule has 0 bridgehead atoms. The summed E-state index contributed by atoms with van der Waals surface area (Å²) in [7, 11) is -26.1. The van der Waals surface area contributed by atoms with Crippen LogP contribution in [0.5, 0.6) is 23.0 Å². The molecule has 7 rings (SSSR count). The number of ether oxygens (including phenoxy) is 3. The summed E-state index contributed by atoms with van der Waals surface area (Å²) in [5.41, 5.74) is 11.7. The van der Waals surface area contributed by atoms with E-state index in [1.807, 2.05) is 0 Å².